The molecule has 0 saturated carbocycles. The Morgan fingerprint density at radius 2 is 1.86 bits per heavy atom. The van der Waals surface area contributed by atoms with Gasteiger partial charge in [0.25, 0.3) is 5.88 Å². The highest BCUT2D eigenvalue weighted by Gasteiger charge is 2.20. The van der Waals surface area contributed by atoms with Crippen LogP contribution in [0.5, 0.6) is 17.4 Å². The van der Waals surface area contributed by atoms with Crippen molar-refractivity contribution in [3.05, 3.63) is 41.1 Å². The topological polar surface area (TPSA) is 81.5 Å². The van der Waals surface area contributed by atoms with Crippen molar-refractivity contribution in [1.82, 2.24) is 10.2 Å². The Morgan fingerprint density at radius 1 is 1.19 bits per heavy atom. The average Bonchev–Trinajstić information content (AvgIpc) is 2.45. The average molecular weight is 288 g/mol. The van der Waals surface area contributed by atoms with E-state index in [1.807, 2.05) is 13.0 Å². The van der Waals surface area contributed by atoms with Gasteiger partial charge in [-0.25, -0.2) is 4.79 Å². The number of para-hydroxylation sites is 2. The van der Waals surface area contributed by atoms with E-state index in [1.54, 1.807) is 32.0 Å². The van der Waals surface area contributed by atoms with Crippen LogP contribution in [0.2, 0.25) is 0 Å². The van der Waals surface area contributed by atoms with Crippen molar-refractivity contribution >= 4 is 5.97 Å². The van der Waals surface area contributed by atoms with E-state index in [-0.39, 0.29) is 11.4 Å². The number of nitrogens with zero attached hydrogens (tertiary/aromatic N) is 2. The molecule has 0 aliphatic heterocycles. The lowest BCUT2D eigenvalue weighted by molar-refractivity contribution is 0.0691. The van der Waals surface area contributed by atoms with Crippen LogP contribution in [-0.4, -0.2) is 27.9 Å². The van der Waals surface area contributed by atoms with Crippen molar-refractivity contribution in [2.45, 2.75) is 20.8 Å². The molecule has 6 heteroatoms. The van der Waals surface area contributed by atoms with Gasteiger partial charge in [0, 0.05) is 0 Å². The van der Waals surface area contributed by atoms with Gasteiger partial charge in [-0.2, -0.15) is 5.10 Å². The molecule has 0 bridgehead atoms. The Labute approximate surface area is 122 Å². The molecule has 0 radical (unpaired) electrons. The molecule has 0 spiro atoms. The third-order valence-electron chi connectivity index (χ3n) is 2.99. The minimum absolute atomic E-state index is 0.00815. The summed E-state index contributed by atoms with van der Waals surface area (Å²) in [6.45, 7) is 5.71. The molecule has 0 saturated heterocycles. The first-order valence-electron chi connectivity index (χ1n) is 6.51. The van der Waals surface area contributed by atoms with Gasteiger partial charge in [0.1, 0.15) is 5.56 Å². The fourth-order valence-electron chi connectivity index (χ4n) is 1.82. The van der Waals surface area contributed by atoms with Crippen molar-refractivity contribution in [2.24, 2.45) is 0 Å². The first-order valence-corrected chi connectivity index (χ1v) is 6.51. The van der Waals surface area contributed by atoms with Gasteiger partial charge in [0.2, 0.25) is 0 Å². The number of hydrogen-bond donors (Lipinski definition) is 1. The fourth-order valence-corrected chi connectivity index (χ4v) is 1.82. The molecular formula is C15H16N2O4. The number of rotatable bonds is 5. The van der Waals surface area contributed by atoms with Crippen LogP contribution >= 0.6 is 0 Å². The molecular weight excluding hydrogens is 272 g/mol. The molecule has 0 atom stereocenters. The number of carboxylic acids is 1. The molecule has 2 aromatic rings. The third kappa shape index (κ3) is 3.10. The SMILES string of the molecule is CCOc1ccccc1Oc1nnc(C)c(C)c1C(=O)O. The summed E-state index contributed by atoms with van der Waals surface area (Å²) in [5, 5.41) is 17.1. The summed E-state index contributed by atoms with van der Waals surface area (Å²) in [6.07, 6.45) is 0. The second-order valence-electron chi connectivity index (χ2n) is 4.38. The molecule has 6 nitrogen and oxygen atoms in total. The summed E-state index contributed by atoms with van der Waals surface area (Å²) in [4.78, 5) is 11.4. The number of aryl methyl sites for hydroxylation is 1. The molecule has 1 aromatic carbocycles. The normalized spacial score (nSPS) is 10.2. The summed E-state index contributed by atoms with van der Waals surface area (Å²) in [5.74, 6) is -0.220. The van der Waals surface area contributed by atoms with Crippen LogP contribution in [0.3, 0.4) is 0 Å². The number of carboxylic acid groups (broad SMARTS) is 1. The van der Waals surface area contributed by atoms with Gasteiger partial charge in [-0.3, -0.25) is 0 Å². The van der Waals surface area contributed by atoms with Crippen LogP contribution in [0.4, 0.5) is 0 Å². The van der Waals surface area contributed by atoms with Crippen molar-refractivity contribution in [3.63, 3.8) is 0 Å². The lowest BCUT2D eigenvalue weighted by Gasteiger charge is -2.13. The predicted molar refractivity (Wildman–Crippen MR) is 76.2 cm³/mol. The quantitative estimate of drug-likeness (QED) is 0.910. The molecule has 0 aliphatic carbocycles. The molecule has 1 N–H and O–H groups in total. The Hall–Kier alpha value is -2.63. The first-order chi connectivity index (χ1) is 10.0. The van der Waals surface area contributed by atoms with E-state index >= 15 is 0 Å². The van der Waals surface area contributed by atoms with Gasteiger partial charge in [0.15, 0.2) is 11.5 Å². The van der Waals surface area contributed by atoms with Crippen LogP contribution in [-0.2, 0) is 0 Å². The van der Waals surface area contributed by atoms with Gasteiger partial charge in [-0.1, -0.05) is 12.1 Å². The zero-order valence-corrected chi connectivity index (χ0v) is 12.1. The Balaban J connectivity index is 2.45. The second kappa shape index (κ2) is 6.21. The lowest BCUT2D eigenvalue weighted by Crippen LogP contribution is -2.08. The summed E-state index contributed by atoms with van der Waals surface area (Å²) in [5.41, 5.74) is 1.09. The van der Waals surface area contributed by atoms with E-state index in [0.29, 0.717) is 29.4 Å². The van der Waals surface area contributed by atoms with E-state index in [9.17, 15) is 9.90 Å². The van der Waals surface area contributed by atoms with Crippen LogP contribution < -0.4 is 9.47 Å². The van der Waals surface area contributed by atoms with E-state index in [2.05, 4.69) is 10.2 Å². The smallest absolute Gasteiger partial charge is 0.341 e. The number of ether oxygens (including phenoxy) is 2. The Bertz CT molecular complexity index is 671. The summed E-state index contributed by atoms with van der Waals surface area (Å²) < 4.78 is 11.1. The highest BCUT2D eigenvalue weighted by molar-refractivity contribution is 5.92. The minimum Gasteiger partial charge on any atom is -0.490 e. The molecule has 0 fully saturated rings. The van der Waals surface area contributed by atoms with Crippen molar-refractivity contribution in [1.29, 1.82) is 0 Å². The van der Waals surface area contributed by atoms with Crippen LogP contribution in [0.1, 0.15) is 28.5 Å². The standard InChI is InChI=1S/C15H16N2O4/c1-4-20-11-7-5-6-8-12(11)21-14-13(15(18)19)9(2)10(3)16-17-14/h5-8H,4H2,1-3H3,(H,18,19). The molecule has 110 valence electrons. The molecule has 0 aliphatic rings. The number of carbonyl (C=O) groups is 1. The van der Waals surface area contributed by atoms with E-state index in [1.165, 1.54) is 0 Å². The Morgan fingerprint density at radius 3 is 2.48 bits per heavy atom. The molecule has 0 amide bonds. The zero-order valence-electron chi connectivity index (χ0n) is 12.1. The maximum absolute atomic E-state index is 11.4. The number of aromatic carboxylic acids is 1. The van der Waals surface area contributed by atoms with Crippen LogP contribution in [0.25, 0.3) is 0 Å². The van der Waals surface area contributed by atoms with E-state index in [4.69, 9.17) is 9.47 Å². The van der Waals surface area contributed by atoms with Gasteiger partial charge < -0.3 is 14.6 Å². The van der Waals surface area contributed by atoms with Crippen LogP contribution in [0.15, 0.2) is 24.3 Å². The molecule has 0 unspecified atom stereocenters. The minimum atomic E-state index is -1.10. The monoisotopic (exact) mass is 288 g/mol. The van der Waals surface area contributed by atoms with E-state index < -0.39 is 5.97 Å². The number of hydrogen-bond acceptors (Lipinski definition) is 5. The molecule has 1 aromatic heterocycles. The Kier molecular flexibility index (Phi) is 4.37. The predicted octanol–water partition coefficient (Wildman–Crippen LogP) is 2.98. The van der Waals surface area contributed by atoms with Crippen molar-refractivity contribution in [3.8, 4) is 17.4 Å². The fraction of sp³-hybridized carbons (Fsp3) is 0.267. The molecule has 2 rings (SSSR count). The maximum atomic E-state index is 11.4. The van der Waals surface area contributed by atoms with Gasteiger partial charge >= 0.3 is 5.97 Å². The van der Waals surface area contributed by atoms with Crippen molar-refractivity contribution < 1.29 is 19.4 Å². The summed E-state index contributed by atoms with van der Waals surface area (Å²) in [7, 11) is 0. The van der Waals surface area contributed by atoms with Gasteiger partial charge in [-0.15, -0.1) is 5.10 Å². The zero-order chi connectivity index (χ0) is 15.4. The maximum Gasteiger partial charge on any atom is 0.341 e. The number of benzene rings is 1. The third-order valence-corrected chi connectivity index (χ3v) is 2.99. The summed E-state index contributed by atoms with van der Waals surface area (Å²) >= 11 is 0. The number of aromatic nitrogens is 2. The van der Waals surface area contributed by atoms with Crippen LogP contribution in [0, 0.1) is 13.8 Å². The first kappa shape index (κ1) is 14.8. The second-order valence-corrected chi connectivity index (χ2v) is 4.38. The highest BCUT2D eigenvalue weighted by atomic mass is 16.5. The van der Waals surface area contributed by atoms with Gasteiger partial charge in [0.05, 0.1) is 12.3 Å². The summed E-state index contributed by atoms with van der Waals surface area (Å²) in [6, 6.07) is 7.01. The highest BCUT2D eigenvalue weighted by Crippen LogP contribution is 2.32. The van der Waals surface area contributed by atoms with Gasteiger partial charge in [-0.05, 0) is 38.5 Å². The largest absolute Gasteiger partial charge is 0.490 e. The lowest BCUT2D eigenvalue weighted by atomic mass is 10.1. The molecule has 1 heterocycles. The molecule has 21 heavy (non-hydrogen) atoms. The van der Waals surface area contributed by atoms with Crippen molar-refractivity contribution in [2.75, 3.05) is 6.61 Å². The van der Waals surface area contributed by atoms with E-state index in [0.717, 1.165) is 0 Å².